The lowest BCUT2D eigenvalue weighted by Gasteiger charge is -2.13. The number of hydrogen-bond donors (Lipinski definition) is 2. The van der Waals surface area contributed by atoms with E-state index >= 15 is 0 Å². The summed E-state index contributed by atoms with van der Waals surface area (Å²) in [4.78, 5) is 0. The quantitative estimate of drug-likeness (QED) is 0.819. The van der Waals surface area contributed by atoms with Gasteiger partial charge in [0.2, 0.25) is 0 Å². The fourth-order valence-electron chi connectivity index (χ4n) is 2.62. The third kappa shape index (κ3) is 3.21. The summed E-state index contributed by atoms with van der Waals surface area (Å²) in [5, 5.41) is 16.8. The molecule has 7 heteroatoms. The van der Waals surface area contributed by atoms with Crippen molar-refractivity contribution in [2.45, 2.75) is 45.8 Å². The molecule has 2 rings (SSSR count). The van der Waals surface area contributed by atoms with Gasteiger partial charge in [0.1, 0.15) is 0 Å². The first-order valence-corrected chi connectivity index (χ1v) is 8.75. The Morgan fingerprint density at radius 3 is 2.75 bits per heavy atom. The molecule has 1 fully saturated rings. The normalized spacial score (nSPS) is 23.1. The molecule has 0 spiro atoms. The van der Waals surface area contributed by atoms with Crippen LogP contribution in [0.1, 0.15) is 36.3 Å². The second kappa shape index (κ2) is 5.83. The fourth-order valence-corrected chi connectivity index (χ4v) is 4.31. The molecule has 0 saturated carbocycles. The fraction of sp³-hybridized carbons (Fsp3) is 0.769. The van der Waals surface area contributed by atoms with Gasteiger partial charge in [0, 0.05) is 23.8 Å². The Kier molecular flexibility index (Phi) is 4.51. The zero-order valence-corrected chi connectivity index (χ0v) is 13.1. The van der Waals surface area contributed by atoms with Gasteiger partial charge in [0.05, 0.1) is 29.8 Å². The number of aryl methyl sites for hydroxylation is 1. The molecule has 2 heterocycles. The molecule has 2 atom stereocenters. The Labute approximate surface area is 120 Å². The summed E-state index contributed by atoms with van der Waals surface area (Å²) in [6.45, 7) is 6.56. The molecule has 0 amide bonds. The van der Waals surface area contributed by atoms with Crippen LogP contribution in [0.15, 0.2) is 0 Å². The molecule has 1 aromatic rings. The third-order valence-electron chi connectivity index (χ3n) is 3.93. The highest BCUT2D eigenvalue weighted by Gasteiger charge is 2.31. The average Bonchev–Trinajstić information content (AvgIpc) is 2.87. The average molecular weight is 301 g/mol. The van der Waals surface area contributed by atoms with Gasteiger partial charge in [-0.2, -0.15) is 5.10 Å². The van der Waals surface area contributed by atoms with E-state index in [1.165, 1.54) is 0 Å². The van der Waals surface area contributed by atoms with Crippen molar-refractivity contribution in [1.29, 1.82) is 0 Å². The zero-order chi connectivity index (χ0) is 14.9. The van der Waals surface area contributed by atoms with Crippen molar-refractivity contribution in [3.8, 4) is 0 Å². The maximum atomic E-state index is 11.6. The molecule has 0 aromatic carbocycles. The Morgan fingerprint density at radius 2 is 2.20 bits per heavy atom. The molecule has 0 bridgehead atoms. The van der Waals surface area contributed by atoms with Gasteiger partial charge in [-0.15, -0.1) is 0 Å². The van der Waals surface area contributed by atoms with Crippen LogP contribution >= 0.6 is 0 Å². The molecule has 0 aliphatic carbocycles. The molecule has 2 N–H and O–H groups in total. The van der Waals surface area contributed by atoms with Gasteiger partial charge >= 0.3 is 0 Å². The largest absolute Gasteiger partial charge is 0.395 e. The van der Waals surface area contributed by atoms with Crippen molar-refractivity contribution in [2.75, 3.05) is 18.1 Å². The van der Waals surface area contributed by atoms with E-state index in [1.54, 1.807) is 0 Å². The van der Waals surface area contributed by atoms with E-state index in [0.717, 1.165) is 17.0 Å². The van der Waals surface area contributed by atoms with E-state index in [2.05, 4.69) is 10.4 Å². The molecule has 6 nitrogen and oxygen atoms in total. The summed E-state index contributed by atoms with van der Waals surface area (Å²) >= 11 is 0. The van der Waals surface area contributed by atoms with Gasteiger partial charge in [0.15, 0.2) is 9.84 Å². The van der Waals surface area contributed by atoms with Crippen molar-refractivity contribution < 1.29 is 13.5 Å². The lowest BCUT2D eigenvalue weighted by atomic mass is 10.1. The van der Waals surface area contributed by atoms with Crippen LogP contribution < -0.4 is 5.32 Å². The van der Waals surface area contributed by atoms with Crippen LogP contribution in [-0.2, 0) is 16.4 Å². The third-order valence-corrected chi connectivity index (χ3v) is 5.68. The number of rotatable bonds is 5. The predicted octanol–water partition coefficient (Wildman–Crippen LogP) is 0.330. The minimum atomic E-state index is -2.90. The Balaban J connectivity index is 2.17. The van der Waals surface area contributed by atoms with Crippen LogP contribution in [0.3, 0.4) is 0 Å². The first-order valence-electron chi connectivity index (χ1n) is 6.93. The molecule has 1 aliphatic rings. The Bertz CT molecular complexity index is 580. The van der Waals surface area contributed by atoms with Gasteiger partial charge in [-0.3, -0.25) is 4.68 Å². The molecule has 0 radical (unpaired) electrons. The summed E-state index contributed by atoms with van der Waals surface area (Å²) in [6.07, 6.45) is 0.643. The van der Waals surface area contributed by atoms with Gasteiger partial charge in [0.25, 0.3) is 0 Å². The summed E-state index contributed by atoms with van der Waals surface area (Å²) in [5.74, 6) is 0.444. The molecule has 1 aliphatic heterocycles. The molecule has 1 aromatic heterocycles. The molecular formula is C13H23N3O3S. The van der Waals surface area contributed by atoms with Crippen molar-refractivity contribution in [1.82, 2.24) is 15.1 Å². The SMILES string of the molecule is Cc1nn(C2CCS(=O)(=O)C2)c(C)c1CNC(C)CO. The maximum Gasteiger partial charge on any atom is 0.152 e. The maximum absolute atomic E-state index is 11.6. The first kappa shape index (κ1) is 15.5. The zero-order valence-electron chi connectivity index (χ0n) is 12.3. The molecule has 20 heavy (non-hydrogen) atoms. The predicted molar refractivity (Wildman–Crippen MR) is 77.4 cm³/mol. The highest BCUT2D eigenvalue weighted by Crippen LogP contribution is 2.26. The van der Waals surface area contributed by atoms with Gasteiger partial charge in [-0.1, -0.05) is 0 Å². The van der Waals surface area contributed by atoms with E-state index in [9.17, 15) is 8.42 Å². The lowest BCUT2D eigenvalue weighted by molar-refractivity contribution is 0.251. The van der Waals surface area contributed by atoms with E-state index < -0.39 is 9.84 Å². The van der Waals surface area contributed by atoms with Crippen molar-refractivity contribution in [3.63, 3.8) is 0 Å². The first-order chi connectivity index (χ1) is 9.34. The van der Waals surface area contributed by atoms with Gasteiger partial charge in [-0.05, 0) is 27.2 Å². The van der Waals surface area contributed by atoms with E-state index in [0.29, 0.717) is 13.0 Å². The monoisotopic (exact) mass is 301 g/mol. The van der Waals surface area contributed by atoms with Crippen LogP contribution in [-0.4, -0.2) is 47.5 Å². The smallest absolute Gasteiger partial charge is 0.152 e. The molecular weight excluding hydrogens is 278 g/mol. The number of sulfone groups is 1. The van der Waals surface area contributed by atoms with Crippen molar-refractivity contribution in [2.24, 2.45) is 0 Å². The number of aliphatic hydroxyl groups excluding tert-OH is 1. The molecule has 2 unspecified atom stereocenters. The highest BCUT2D eigenvalue weighted by atomic mass is 32.2. The number of hydrogen-bond acceptors (Lipinski definition) is 5. The van der Waals surface area contributed by atoms with Crippen LogP contribution in [0.5, 0.6) is 0 Å². The van der Waals surface area contributed by atoms with Crippen molar-refractivity contribution >= 4 is 9.84 Å². The van der Waals surface area contributed by atoms with Crippen LogP contribution in [0.25, 0.3) is 0 Å². The summed E-state index contributed by atoms with van der Waals surface area (Å²) in [7, 11) is -2.90. The number of aliphatic hydroxyl groups is 1. The summed E-state index contributed by atoms with van der Waals surface area (Å²) in [6, 6.07) is -0.00766. The topological polar surface area (TPSA) is 84.2 Å². The van der Waals surface area contributed by atoms with E-state index in [1.807, 2.05) is 25.5 Å². The summed E-state index contributed by atoms with van der Waals surface area (Å²) in [5.41, 5.74) is 3.03. The van der Waals surface area contributed by atoms with E-state index in [-0.39, 0.29) is 30.2 Å². The lowest BCUT2D eigenvalue weighted by Crippen LogP contribution is -2.29. The van der Waals surface area contributed by atoms with Crippen LogP contribution in [0, 0.1) is 13.8 Å². The van der Waals surface area contributed by atoms with Crippen molar-refractivity contribution in [3.05, 3.63) is 17.0 Å². The van der Waals surface area contributed by atoms with Crippen LogP contribution in [0.4, 0.5) is 0 Å². The minimum absolute atomic E-state index is 0.0315. The number of nitrogens with one attached hydrogen (secondary N) is 1. The highest BCUT2D eigenvalue weighted by molar-refractivity contribution is 7.91. The number of aromatic nitrogens is 2. The Hall–Kier alpha value is -0.920. The second-order valence-electron chi connectivity index (χ2n) is 5.62. The van der Waals surface area contributed by atoms with E-state index in [4.69, 9.17) is 5.11 Å². The summed E-state index contributed by atoms with van der Waals surface area (Å²) < 4.78 is 25.0. The number of nitrogens with zero attached hydrogens (tertiary/aromatic N) is 2. The Morgan fingerprint density at radius 1 is 1.50 bits per heavy atom. The van der Waals surface area contributed by atoms with Gasteiger partial charge in [-0.25, -0.2) is 8.42 Å². The molecule has 1 saturated heterocycles. The van der Waals surface area contributed by atoms with Crippen LogP contribution in [0.2, 0.25) is 0 Å². The second-order valence-corrected chi connectivity index (χ2v) is 7.84. The van der Waals surface area contributed by atoms with Gasteiger partial charge < -0.3 is 10.4 Å². The standard InChI is InChI=1S/C13H23N3O3S/c1-9(7-17)14-6-13-10(2)15-16(11(13)3)12-4-5-20(18,19)8-12/h9,12,14,17H,4-8H2,1-3H3. The molecule has 114 valence electrons. The minimum Gasteiger partial charge on any atom is -0.395 e.